The van der Waals surface area contributed by atoms with Crippen molar-refractivity contribution in [3.63, 3.8) is 0 Å². The number of halogens is 1. The second-order valence-corrected chi connectivity index (χ2v) is 3.20. The molecule has 0 amide bonds. The summed E-state index contributed by atoms with van der Waals surface area (Å²) in [7, 11) is 0.955. The number of hydrogen-bond acceptors (Lipinski definition) is 6. The lowest BCUT2D eigenvalue weighted by atomic mass is 10.1. The summed E-state index contributed by atoms with van der Waals surface area (Å²) >= 11 is 5.53. The van der Waals surface area contributed by atoms with Gasteiger partial charge in [0.1, 0.15) is 5.02 Å². The number of nitrogens with zero attached hydrogens (tertiary/aromatic N) is 2. The summed E-state index contributed by atoms with van der Waals surface area (Å²) in [4.78, 5) is 30.8. The van der Waals surface area contributed by atoms with Crippen LogP contribution < -0.4 is 0 Å². The van der Waals surface area contributed by atoms with Gasteiger partial charge in [-0.15, -0.1) is 0 Å². The van der Waals surface area contributed by atoms with Crippen LogP contribution in [0.3, 0.4) is 0 Å². The molecule has 8 nitrogen and oxygen atoms in total. The summed E-state index contributed by atoms with van der Waals surface area (Å²) in [6.45, 7) is 0. The Morgan fingerprint density at radius 1 is 1.29 bits per heavy atom. The molecular weight excluding hydrogens is 256 g/mol. The number of hydrogen-bond donors (Lipinski definition) is 0. The molecule has 0 saturated carbocycles. The summed E-state index contributed by atoms with van der Waals surface area (Å²) in [6, 6.07) is 1.88. The molecule has 0 heterocycles. The molecule has 0 bridgehead atoms. The number of nitro groups is 2. The van der Waals surface area contributed by atoms with Crippen molar-refractivity contribution in [3.8, 4) is 0 Å². The van der Waals surface area contributed by atoms with Crippen LogP contribution >= 0.6 is 11.6 Å². The third kappa shape index (κ3) is 2.31. The maximum atomic E-state index is 11.3. The summed E-state index contributed by atoms with van der Waals surface area (Å²) in [5, 5.41) is 21.0. The second-order valence-electron chi connectivity index (χ2n) is 2.80. The summed E-state index contributed by atoms with van der Waals surface area (Å²) < 4.78 is 4.27. The van der Waals surface area contributed by atoms with Crippen LogP contribution in [0.5, 0.6) is 0 Å². The molecule has 0 fully saturated rings. The minimum absolute atomic E-state index is 0.374. The van der Waals surface area contributed by atoms with E-state index in [1.54, 1.807) is 0 Å². The van der Waals surface area contributed by atoms with Gasteiger partial charge < -0.3 is 4.74 Å². The van der Waals surface area contributed by atoms with E-state index < -0.39 is 32.8 Å². The first-order valence-corrected chi connectivity index (χ1v) is 4.47. The zero-order valence-electron chi connectivity index (χ0n) is 8.38. The van der Waals surface area contributed by atoms with E-state index in [9.17, 15) is 25.0 Å². The fourth-order valence-corrected chi connectivity index (χ4v) is 1.42. The SMILES string of the molecule is COC(=O)c1c([N+](=O)[O-])ccc(Cl)c1[N+](=O)[O-]. The van der Waals surface area contributed by atoms with Crippen molar-refractivity contribution >= 4 is 28.9 Å². The fraction of sp³-hybridized carbons (Fsp3) is 0.125. The highest BCUT2D eigenvalue weighted by molar-refractivity contribution is 6.33. The first-order valence-electron chi connectivity index (χ1n) is 4.09. The molecule has 0 atom stereocenters. The first kappa shape index (κ1) is 12.8. The van der Waals surface area contributed by atoms with Gasteiger partial charge in [0.05, 0.1) is 17.0 Å². The normalized spacial score (nSPS) is 9.76. The van der Waals surface area contributed by atoms with Gasteiger partial charge in [-0.3, -0.25) is 20.2 Å². The number of carbonyl (C=O) groups excluding carboxylic acids is 1. The van der Waals surface area contributed by atoms with Crippen LogP contribution in [0.1, 0.15) is 10.4 Å². The molecule has 0 radical (unpaired) electrons. The molecule has 9 heteroatoms. The highest BCUT2D eigenvalue weighted by Crippen LogP contribution is 2.35. The molecule has 0 unspecified atom stereocenters. The molecule has 1 rings (SSSR count). The van der Waals surface area contributed by atoms with Gasteiger partial charge in [-0.2, -0.15) is 0 Å². The lowest BCUT2D eigenvalue weighted by Gasteiger charge is -2.03. The highest BCUT2D eigenvalue weighted by Gasteiger charge is 2.34. The van der Waals surface area contributed by atoms with E-state index in [-0.39, 0.29) is 5.02 Å². The van der Waals surface area contributed by atoms with Crippen LogP contribution in [0.4, 0.5) is 11.4 Å². The average Bonchev–Trinajstić information content (AvgIpc) is 2.26. The number of rotatable bonds is 3. The Morgan fingerprint density at radius 2 is 1.88 bits per heavy atom. The summed E-state index contributed by atoms with van der Waals surface area (Å²) in [5.74, 6) is -1.19. The number of nitro benzene ring substituents is 2. The van der Waals surface area contributed by atoms with Crippen molar-refractivity contribution in [1.82, 2.24) is 0 Å². The Labute approximate surface area is 99.0 Å². The first-order chi connectivity index (χ1) is 7.90. The Kier molecular flexibility index (Phi) is 3.59. The molecule has 0 aliphatic rings. The summed E-state index contributed by atoms with van der Waals surface area (Å²) in [5.41, 5.74) is -2.34. The van der Waals surface area contributed by atoms with Crippen molar-refractivity contribution in [2.75, 3.05) is 7.11 Å². The van der Waals surface area contributed by atoms with Crippen LogP contribution in [-0.2, 0) is 4.74 Å². The van der Waals surface area contributed by atoms with E-state index in [4.69, 9.17) is 11.6 Å². The number of carbonyl (C=O) groups is 1. The van der Waals surface area contributed by atoms with Gasteiger partial charge in [0, 0.05) is 6.07 Å². The molecular formula is C8H5ClN2O6. The van der Waals surface area contributed by atoms with E-state index >= 15 is 0 Å². The molecule has 0 aliphatic heterocycles. The molecule has 90 valence electrons. The Balaban J connectivity index is 3.67. The second kappa shape index (κ2) is 4.74. The third-order valence-electron chi connectivity index (χ3n) is 1.88. The number of ether oxygens (including phenoxy) is 1. The Morgan fingerprint density at radius 3 is 2.29 bits per heavy atom. The molecule has 0 spiro atoms. The van der Waals surface area contributed by atoms with E-state index in [1.807, 2.05) is 0 Å². The predicted molar refractivity (Wildman–Crippen MR) is 56.1 cm³/mol. The maximum absolute atomic E-state index is 11.3. The van der Waals surface area contributed by atoms with Gasteiger partial charge in [0.2, 0.25) is 5.56 Å². The van der Waals surface area contributed by atoms with Gasteiger partial charge >= 0.3 is 11.7 Å². The monoisotopic (exact) mass is 260 g/mol. The molecule has 0 aliphatic carbocycles. The largest absolute Gasteiger partial charge is 0.465 e. The van der Waals surface area contributed by atoms with Gasteiger partial charge in [0.25, 0.3) is 5.69 Å². The van der Waals surface area contributed by atoms with Crippen LogP contribution in [0.15, 0.2) is 12.1 Å². The molecule has 0 N–H and O–H groups in total. The number of methoxy groups -OCH3 is 1. The number of benzene rings is 1. The maximum Gasteiger partial charge on any atom is 0.352 e. The van der Waals surface area contributed by atoms with Gasteiger partial charge in [-0.1, -0.05) is 11.6 Å². The Hall–Kier alpha value is -2.22. The smallest absolute Gasteiger partial charge is 0.352 e. The van der Waals surface area contributed by atoms with E-state index in [2.05, 4.69) is 4.74 Å². The van der Waals surface area contributed by atoms with Crippen molar-refractivity contribution < 1.29 is 19.4 Å². The molecule has 17 heavy (non-hydrogen) atoms. The quantitative estimate of drug-likeness (QED) is 0.466. The highest BCUT2D eigenvalue weighted by atomic mass is 35.5. The molecule has 1 aromatic rings. The summed E-state index contributed by atoms with van der Waals surface area (Å²) in [6.07, 6.45) is 0. The lowest BCUT2D eigenvalue weighted by molar-refractivity contribution is -0.394. The van der Waals surface area contributed by atoms with E-state index in [1.165, 1.54) is 0 Å². The van der Waals surface area contributed by atoms with E-state index in [0.29, 0.717) is 0 Å². The van der Waals surface area contributed by atoms with Crippen LogP contribution in [0, 0.1) is 20.2 Å². The molecule has 0 saturated heterocycles. The van der Waals surface area contributed by atoms with Gasteiger partial charge in [-0.05, 0) is 6.07 Å². The minimum Gasteiger partial charge on any atom is -0.465 e. The van der Waals surface area contributed by atoms with Crippen molar-refractivity contribution in [2.24, 2.45) is 0 Å². The van der Waals surface area contributed by atoms with Gasteiger partial charge in [-0.25, -0.2) is 4.79 Å². The van der Waals surface area contributed by atoms with Crippen molar-refractivity contribution in [3.05, 3.63) is 42.9 Å². The molecule has 0 aromatic heterocycles. The molecule has 1 aromatic carbocycles. The fourth-order valence-electron chi connectivity index (χ4n) is 1.19. The zero-order valence-corrected chi connectivity index (χ0v) is 9.13. The van der Waals surface area contributed by atoms with Crippen LogP contribution in [-0.4, -0.2) is 22.9 Å². The van der Waals surface area contributed by atoms with Crippen LogP contribution in [0.25, 0.3) is 0 Å². The topological polar surface area (TPSA) is 113 Å². The Bertz CT molecular complexity index is 515. The lowest BCUT2D eigenvalue weighted by Crippen LogP contribution is -2.09. The van der Waals surface area contributed by atoms with Crippen LogP contribution in [0.2, 0.25) is 5.02 Å². The van der Waals surface area contributed by atoms with Crippen molar-refractivity contribution in [1.29, 1.82) is 0 Å². The predicted octanol–water partition coefficient (Wildman–Crippen LogP) is 1.94. The average molecular weight is 261 g/mol. The third-order valence-corrected chi connectivity index (χ3v) is 2.18. The van der Waals surface area contributed by atoms with Gasteiger partial charge in [0.15, 0.2) is 0 Å². The standard InChI is InChI=1S/C8H5ClN2O6/c1-17-8(12)6-5(10(13)14)3-2-4(9)7(6)11(15)16/h2-3H,1H3. The minimum atomic E-state index is -1.19. The number of esters is 1. The van der Waals surface area contributed by atoms with E-state index in [0.717, 1.165) is 19.2 Å². The zero-order chi connectivity index (χ0) is 13.2. The van der Waals surface area contributed by atoms with Crippen molar-refractivity contribution in [2.45, 2.75) is 0 Å².